The molecule has 0 amide bonds. The summed E-state index contributed by atoms with van der Waals surface area (Å²) in [5, 5.41) is 0. The van der Waals surface area contributed by atoms with E-state index in [1.807, 2.05) is 0 Å². The van der Waals surface area contributed by atoms with E-state index in [-0.39, 0.29) is 5.56 Å². The van der Waals surface area contributed by atoms with E-state index in [0.29, 0.717) is 22.8 Å². The molecule has 0 atom stereocenters. The Bertz CT molecular complexity index is 553. The highest BCUT2D eigenvalue weighted by Gasteiger charge is 2.31. The SMILES string of the molecule is COc1ccc(OC)c(C(=O)OO[C]2CCC(C(C)(C)C)CC2)c1. The van der Waals surface area contributed by atoms with Crippen LogP contribution in [0.4, 0.5) is 0 Å². The van der Waals surface area contributed by atoms with E-state index >= 15 is 0 Å². The first kappa shape index (κ1) is 18.6. The Hall–Kier alpha value is -1.75. The molecule has 0 aliphatic heterocycles. The molecule has 1 fully saturated rings. The van der Waals surface area contributed by atoms with Gasteiger partial charge >= 0.3 is 5.97 Å². The maximum absolute atomic E-state index is 12.3. The van der Waals surface area contributed by atoms with Crippen molar-refractivity contribution in [3.8, 4) is 11.5 Å². The second-order valence-corrected chi connectivity index (χ2v) is 7.20. The molecule has 0 saturated heterocycles. The van der Waals surface area contributed by atoms with Crippen LogP contribution in [-0.2, 0) is 9.78 Å². The first-order chi connectivity index (χ1) is 11.3. The maximum atomic E-state index is 12.3. The topological polar surface area (TPSA) is 54.0 Å². The standard InChI is InChI=1S/C19H27O5/c1-19(2,3)13-6-8-14(9-7-13)23-24-18(20)16-12-15(21-4)10-11-17(16)22-5/h10-13H,6-9H2,1-5H3. The van der Waals surface area contributed by atoms with Crippen LogP contribution in [0.3, 0.4) is 0 Å². The third kappa shape index (κ3) is 4.63. The lowest BCUT2D eigenvalue weighted by Crippen LogP contribution is -2.26. The van der Waals surface area contributed by atoms with Crippen LogP contribution in [0.5, 0.6) is 11.5 Å². The van der Waals surface area contributed by atoms with Crippen molar-refractivity contribution in [1.82, 2.24) is 0 Å². The third-order valence-corrected chi connectivity index (χ3v) is 4.63. The van der Waals surface area contributed by atoms with Gasteiger partial charge < -0.3 is 9.47 Å². The summed E-state index contributed by atoms with van der Waals surface area (Å²) in [7, 11) is 3.04. The predicted molar refractivity (Wildman–Crippen MR) is 90.7 cm³/mol. The van der Waals surface area contributed by atoms with Crippen LogP contribution in [0.1, 0.15) is 56.8 Å². The fourth-order valence-corrected chi connectivity index (χ4v) is 3.00. The first-order valence-electron chi connectivity index (χ1n) is 8.30. The molecule has 1 saturated carbocycles. The van der Waals surface area contributed by atoms with Crippen molar-refractivity contribution < 1.29 is 24.0 Å². The maximum Gasteiger partial charge on any atom is 0.376 e. The summed E-state index contributed by atoms with van der Waals surface area (Å²) in [6.07, 6.45) is 4.58. The Balaban J connectivity index is 1.90. The lowest BCUT2D eigenvalue weighted by molar-refractivity contribution is -0.241. The Morgan fingerprint density at radius 3 is 2.29 bits per heavy atom. The van der Waals surface area contributed by atoms with Crippen molar-refractivity contribution in [3.63, 3.8) is 0 Å². The van der Waals surface area contributed by atoms with E-state index in [0.717, 1.165) is 31.8 Å². The molecule has 0 bridgehead atoms. The lowest BCUT2D eigenvalue weighted by atomic mass is 9.72. The summed E-state index contributed by atoms with van der Waals surface area (Å²) < 4.78 is 10.3. The van der Waals surface area contributed by atoms with Gasteiger partial charge in [0.15, 0.2) is 0 Å². The monoisotopic (exact) mass is 335 g/mol. The number of carbonyl (C=O) groups excluding carboxylic acids is 1. The highest BCUT2D eigenvalue weighted by molar-refractivity contribution is 5.92. The quantitative estimate of drug-likeness (QED) is 0.583. The summed E-state index contributed by atoms with van der Waals surface area (Å²) in [6.45, 7) is 6.79. The van der Waals surface area contributed by atoms with Gasteiger partial charge in [-0.25, -0.2) is 4.79 Å². The highest BCUT2D eigenvalue weighted by atomic mass is 17.2. The molecule has 0 spiro atoms. The molecule has 0 unspecified atom stereocenters. The number of hydrogen-bond acceptors (Lipinski definition) is 5. The van der Waals surface area contributed by atoms with Crippen molar-refractivity contribution in [3.05, 3.63) is 29.9 Å². The van der Waals surface area contributed by atoms with Gasteiger partial charge in [0.05, 0.1) is 14.2 Å². The normalized spacial score (nSPS) is 16.7. The number of ether oxygens (including phenoxy) is 2. The Labute approximate surface area is 144 Å². The first-order valence-corrected chi connectivity index (χ1v) is 8.30. The van der Waals surface area contributed by atoms with Gasteiger partial charge in [-0.2, -0.15) is 4.89 Å². The van der Waals surface area contributed by atoms with E-state index in [1.54, 1.807) is 18.2 Å². The molecule has 1 aliphatic rings. The second-order valence-electron chi connectivity index (χ2n) is 7.20. The van der Waals surface area contributed by atoms with Gasteiger partial charge in [0.1, 0.15) is 23.2 Å². The molecule has 0 N–H and O–H groups in total. The van der Waals surface area contributed by atoms with Crippen LogP contribution in [0.25, 0.3) is 0 Å². The minimum absolute atomic E-state index is 0.279. The number of benzene rings is 1. The van der Waals surface area contributed by atoms with E-state index in [4.69, 9.17) is 19.2 Å². The second kappa shape index (κ2) is 7.88. The zero-order valence-corrected chi connectivity index (χ0v) is 15.2. The van der Waals surface area contributed by atoms with E-state index in [9.17, 15) is 4.79 Å². The number of methoxy groups -OCH3 is 2. The van der Waals surface area contributed by atoms with Gasteiger partial charge in [0.25, 0.3) is 0 Å². The van der Waals surface area contributed by atoms with Crippen molar-refractivity contribution in [2.24, 2.45) is 11.3 Å². The third-order valence-electron chi connectivity index (χ3n) is 4.63. The molecule has 0 aromatic heterocycles. The van der Waals surface area contributed by atoms with Gasteiger partial charge in [-0.3, -0.25) is 4.89 Å². The fraction of sp³-hybridized carbons (Fsp3) is 0.579. The number of hydrogen-bond donors (Lipinski definition) is 0. The summed E-state index contributed by atoms with van der Waals surface area (Å²) in [4.78, 5) is 22.6. The van der Waals surface area contributed by atoms with Gasteiger partial charge in [-0.05, 0) is 55.2 Å². The molecular formula is C19H27O5. The zero-order chi connectivity index (χ0) is 17.7. The van der Waals surface area contributed by atoms with Crippen molar-refractivity contribution in [2.45, 2.75) is 46.5 Å². The molecule has 1 aromatic rings. The molecular weight excluding hydrogens is 308 g/mol. The Morgan fingerprint density at radius 2 is 1.75 bits per heavy atom. The summed E-state index contributed by atoms with van der Waals surface area (Å²) in [5.41, 5.74) is 0.580. The number of carbonyl (C=O) groups is 1. The molecule has 1 radical (unpaired) electrons. The van der Waals surface area contributed by atoms with E-state index in [2.05, 4.69) is 20.8 Å². The molecule has 1 aliphatic carbocycles. The smallest absolute Gasteiger partial charge is 0.376 e. The minimum Gasteiger partial charge on any atom is -0.497 e. The van der Waals surface area contributed by atoms with Crippen LogP contribution in [-0.4, -0.2) is 20.2 Å². The van der Waals surface area contributed by atoms with Crippen LogP contribution >= 0.6 is 0 Å². The van der Waals surface area contributed by atoms with Crippen molar-refractivity contribution in [1.29, 1.82) is 0 Å². The highest BCUT2D eigenvalue weighted by Crippen LogP contribution is 2.41. The molecule has 5 nitrogen and oxygen atoms in total. The average Bonchev–Trinajstić information content (AvgIpc) is 2.58. The van der Waals surface area contributed by atoms with Gasteiger partial charge in [-0.15, -0.1) is 0 Å². The summed E-state index contributed by atoms with van der Waals surface area (Å²) in [6, 6.07) is 4.96. The largest absolute Gasteiger partial charge is 0.497 e. The van der Waals surface area contributed by atoms with Gasteiger partial charge in [0.2, 0.25) is 0 Å². The van der Waals surface area contributed by atoms with Crippen molar-refractivity contribution in [2.75, 3.05) is 14.2 Å². The molecule has 133 valence electrons. The molecule has 24 heavy (non-hydrogen) atoms. The van der Waals surface area contributed by atoms with Crippen LogP contribution in [0.2, 0.25) is 0 Å². The molecule has 5 heteroatoms. The minimum atomic E-state index is -0.587. The Kier molecular flexibility index (Phi) is 6.10. The van der Waals surface area contributed by atoms with Crippen LogP contribution in [0, 0.1) is 17.4 Å². The van der Waals surface area contributed by atoms with Gasteiger partial charge in [-0.1, -0.05) is 20.8 Å². The average molecular weight is 335 g/mol. The van der Waals surface area contributed by atoms with E-state index in [1.165, 1.54) is 14.2 Å². The molecule has 1 aromatic carbocycles. The molecule has 2 rings (SSSR count). The fourth-order valence-electron chi connectivity index (χ4n) is 3.00. The zero-order valence-electron chi connectivity index (χ0n) is 15.2. The summed E-state index contributed by atoms with van der Waals surface area (Å²) >= 11 is 0. The Morgan fingerprint density at radius 1 is 1.08 bits per heavy atom. The summed E-state index contributed by atoms with van der Waals surface area (Å²) in [5.74, 6) is 1.06. The predicted octanol–water partition coefficient (Wildman–Crippen LogP) is 4.56. The lowest BCUT2D eigenvalue weighted by Gasteiger charge is -2.35. The number of rotatable bonds is 5. The molecule has 0 heterocycles. The van der Waals surface area contributed by atoms with E-state index < -0.39 is 5.97 Å². The van der Waals surface area contributed by atoms with Crippen LogP contribution < -0.4 is 9.47 Å². The van der Waals surface area contributed by atoms with Gasteiger partial charge in [0, 0.05) is 0 Å². The van der Waals surface area contributed by atoms with Crippen LogP contribution in [0.15, 0.2) is 18.2 Å². The van der Waals surface area contributed by atoms with Crippen molar-refractivity contribution >= 4 is 5.97 Å².